The Kier molecular flexibility index (Phi) is 1.86. The van der Waals surface area contributed by atoms with Crippen molar-refractivity contribution in [3.05, 3.63) is 12.3 Å². The highest BCUT2D eigenvalue weighted by Crippen LogP contribution is 1.99. The van der Waals surface area contributed by atoms with E-state index >= 15 is 0 Å². The molecule has 0 aromatic carbocycles. The lowest BCUT2D eigenvalue weighted by molar-refractivity contribution is 1.08. The van der Waals surface area contributed by atoms with E-state index in [9.17, 15) is 0 Å². The number of nitrogens with one attached hydrogen (secondary N) is 2. The zero-order chi connectivity index (χ0) is 9.97. The molecule has 0 amide bonds. The number of aromatic nitrogens is 2. The second-order valence-corrected chi connectivity index (χ2v) is 2.50. The molecule has 0 spiro atoms. The molecule has 0 saturated carbocycles. The highest BCUT2D eigenvalue weighted by atomic mass is 15.4. The molecule has 2 rings (SSSR count). The van der Waals surface area contributed by atoms with Crippen LogP contribution in [0.2, 0.25) is 0 Å². The van der Waals surface area contributed by atoms with Gasteiger partial charge in [-0.3, -0.25) is 10.5 Å². The van der Waals surface area contributed by atoms with Crippen LogP contribution in [0.4, 0.5) is 5.82 Å². The summed E-state index contributed by atoms with van der Waals surface area (Å²) >= 11 is 0. The predicted molar refractivity (Wildman–Crippen MR) is 52.9 cm³/mol. The van der Waals surface area contributed by atoms with E-state index in [0.29, 0.717) is 11.5 Å². The number of nitrogens with two attached hydrogens (primary N) is 2. The van der Waals surface area contributed by atoms with Crippen molar-refractivity contribution in [1.29, 1.82) is 0 Å². The molecule has 0 fully saturated rings. The number of hydrazone groups is 1. The van der Waals surface area contributed by atoms with Crippen LogP contribution in [0, 0.1) is 0 Å². The maximum atomic E-state index is 5.47. The Labute approximate surface area is 78.8 Å². The first-order valence-electron chi connectivity index (χ1n) is 3.78. The molecule has 72 valence electrons. The standard InChI is InChI=1S/C6H8N8/c7-5-4(6(8)14-13-5)12-11-3-1-2-9-10-3/h1-2H,(H2,9,10,11)(H4,7,8,12,13,14). The molecular formula is C6H8N8. The molecule has 0 atom stereocenters. The summed E-state index contributed by atoms with van der Waals surface area (Å²) in [7, 11) is 0. The number of amidine groups is 2. The van der Waals surface area contributed by atoms with E-state index in [1.165, 1.54) is 0 Å². The van der Waals surface area contributed by atoms with Gasteiger partial charge in [-0.1, -0.05) is 0 Å². The first-order chi connectivity index (χ1) is 6.77. The summed E-state index contributed by atoms with van der Waals surface area (Å²) in [4.78, 5) is 0. The molecule has 1 aromatic rings. The van der Waals surface area contributed by atoms with Crippen molar-refractivity contribution in [1.82, 2.24) is 10.2 Å². The number of nitrogens with zero attached hydrogens (tertiary/aromatic N) is 4. The highest BCUT2D eigenvalue weighted by Gasteiger charge is 2.16. The molecule has 1 aliphatic heterocycles. The molecule has 8 heteroatoms. The van der Waals surface area contributed by atoms with Gasteiger partial charge in [0.2, 0.25) is 0 Å². The van der Waals surface area contributed by atoms with Crippen molar-refractivity contribution >= 4 is 23.2 Å². The zero-order valence-corrected chi connectivity index (χ0v) is 7.10. The molecule has 0 aliphatic carbocycles. The first kappa shape index (κ1) is 8.23. The Bertz CT molecular complexity index is 391. The first-order valence-corrected chi connectivity index (χ1v) is 3.78. The second-order valence-electron chi connectivity index (χ2n) is 2.50. The number of anilines is 1. The van der Waals surface area contributed by atoms with Gasteiger partial charge in [-0.25, -0.2) is 0 Å². The summed E-state index contributed by atoms with van der Waals surface area (Å²) in [5.41, 5.74) is 13.9. The van der Waals surface area contributed by atoms with Gasteiger partial charge in [0, 0.05) is 12.3 Å². The number of rotatable bonds is 2. The van der Waals surface area contributed by atoms with Crippen LogP contribution in [-0.4, -0.2) is 27.6 Å². The number of hydrogen-bond donors (Lipinski definition) is 4. The Hall–Kier alpha value is -2.38. The van der Waals surface area contributed by atoms with Crippen LogP contribution in [-0.2, 0) is 0 Å². The lowest BCUT2D eigenvalue weighted by Crippen LogP contribution is -2.32. The van der Waals surface area contributed by atoms with Crippen molar-refractivity contribution in [3.63, 3.8) is 0 Å². The third-order valence-electron chi connectivity index (χ3n) is 1.53. The molecule has 1 aliphatic rings. The summed E-state index contributed by atoms with van der Waals surface area (Å²) in [5, 5.41) is 17.5. The van der Waals surface area contributed by atoms with E-state index in [-0.39, 0.29) is 11.7 Å². The van der Waals surface area contributed by atoms with Crippen LogP contribution in [0.1, 0.15) is 0 Å². The van der Waals surface area contributed by atoms with E-state index < -0.39 is 0 Å². The quantitative estimate of drug-likeness (QED) is 0.439. The van der Waals surface area contributed by atoms with Crippen LogP contribution >= 0.6 is 0 Å². The number of hydrogen-bond acceptors (Lipinski definition) is 7. The van der Waals surface area contributed by atoms with E-state index in [1.54, 1.807) is 12.3 Å². The third-order valence-corrected chi connectivity index (χ3v) is 1.53. The number of aromatic amines is 1. The summed E-state index contributed by atoms with van der Waals surface area (Å²) < 4.78 is 0. The van der Waals surface area contributed by atoms with Crippen molar-refractivity contribution in [3.8, 4) is 0 Å². The van der Waals surface area contributed by atoms with Gasteiger partial charge in [-0.15, -0.1) is 10.2 Å². The highest BCUT2D eigenvalue weighted by molar-refractivity contribution is 6.68. The topological polar surface area (TPSA) is 130 Å². The Morgan fingerprint density at radius 1 is 1.29 bits per heavy atom. The Morgan fingerprint density at radius 3 is 2.57 bits per heavy atom. The molecular weight excluding hydrogens is 184 g/mol. The lowest BCUT2D eigenvalue weighted by Gasteiger charge is -1.97. The summed E-state index contributed by atoms with van der Waals surface area (Å²) in [5.74, 6) is 0.932. The van der Waals surface area contributed by atoms with Crippen LogP contribution < -0.4 is 16.9 Å². The summed E-state index contributed by atoms with van der Waals surface area (Å²) in [6.45, 7) is 0. The van der Waals surface area contributed by atoms with E-state index in [0.717, 1.165) is 0 Å². The molecule has 6 N–H and O–H groups in total. The van der Waals surface area contributed by atoms with Crippen molar-refractivity contribution < 1.29 is 0 Å². The molecule has 0 saturated heterocycles. The lowest BCUT2D eigenvalue weighted by atomic mass is 10.3. The molecule has 1 aromatic heterocycles. The minimum Gasteiger partial charge on any atom is -0.380 e. The van der Waals surface area contributed by atoms with E-state index in [1.807, 2.05) is 0 Å². The fourth-order valence-electron chi connectivity index (χ4n) is 0.884. The van der Waals surface area contributed by atoms with E-state index in [2.05, 4.69) is 30.9 Å². The number of H-pyrrole nitrogens is 1. The maximum Gasteiger partial charge on any atom is 0.177 e. The third kappa shape index (κ3) is 1.40. The van der Waals surface area contributed by atoms with E-state index in [4.69, 9.17) is 11.5 Å². The molecule has 0 radical (unpaired) electrons. The van der Waals surface area contributed by atoms with Crippen molar-refractivity contribution in [2.75, 3.05) is 5.43 Å². The van der Waals surface area contributed by atoms with Gasteiger partial charge in [0.05, 0.1) is 0 Å². The largest absolute Gasteiger partial charge is 0.380 e. The van der Waals surface area contributed by atoms with Crippen LogP contribution in [0.3, 0.4) is 0 Å². The summed E-state index contributed by atoms with van der Waals surface area (Å²) in [6, 6.07) is 1.71. The smallest absolute Gasteiger partial charge is 0.177 e. The Morgan fingerprint density at radius 2 is 2.00 bits per heavy atom. The van der Waals surface area contributed by atoms with Gasteiger partial charge in [0.1, 0.15) is 0 Å². The van der Waals surface area contributed by atoms with Gasteiger partial charge in [-0.05, 0) is 0 Å². The van der Waals surface area contributed by atoms with Crippen LogP contribution in [0.5, 0.6) is 0 Å². The monoisotopic (exact) mass is 192 g/mol. The average Bonchev–Trinajstić information content (AvgIpc) is 2.76. The average molecular weight is 192 g/mol. The minimum absolute atomic E-state index is 0.186. The maximum absolute atomic E-state index is 5.47. The molecule has 8 nitrogen and oxygen atoms in total. The van der Waals surface area contributed by atoms with Gasteiger partial charge >= 0.3 is 0 Å². The summed E-state index contributed by atoms with van der Waals surface area (Å²) in [6.07, 6.45) is 1.66. The molecule has 0 bridgehead atoms. The van der Waals surface area contributed by atoms with Crippen molar-refractivity contribution in [2.45, 2.75) is 0 Å². The van der Waals surface area contributed by atoms with Crippen LogP contribution in [0.25, 0.3) is 0 Å². The van der Waals surface area contributed by atoms with Gasteiger partial charge in [0.15, 0.2) is 23.2 Å². The fourth-order valence-corrected chi connectivity index (χ4v) is 0.884. The SMILES string of the molecule is NC1=NN=C(N)C1=NNc1cc[nH]n1. The predicted octanol–water partition coefficient (Wildman–Crippen LogP) is -1.18. The molecule has 2 heterocycles. The van der Waals surface area contributed by atoms with Crippen molar-refractivity contribution in [2.24, 2.45) is 26.8 Å². The molecule has 0 unspecified atom stereocenters. The minimum atomic E-state index is 0.186. The second kappa shape index (κ2) is 3.17. The fraction of sp³-hybridized carbons (Fsp3) is 0. The van der Waals surface area contributed by atoms with Gasteiger partial charge in [-0.2, -0.15) is 10.2 Å². The zero-order valence-electron chi connectivity index (χ0n) is 7.10. The van der Waals surface area contributed by atoms with Gasteiger partial charge in [0.25, 0.3) is 0 Å². The van der Waals surface area contributed by atoms with Crippen LogP contribution in [0.15, 0.2) is 27.6 Å². The normalized spacial score (nSPS) is 15.0. The van der Waals surface area contributed by atoms with Gasteiger partial charge < -0.3 is 11.5 Å². The molecule has 14 heavy (non-hydrogen) atoms. The Balaban J connectivity index is 2.12.